The monoisotopic (exact) mass is 343 g/mol. The summed E-state index contributed by atoms with van der Waals surface area (Å²) in [5, 5.41) is 5.35. The average Bonchev–Trinajstić information content (AvgIpc) is 3.00. The molecule has 1 atom stereocenters. The fourth-order valence-electron chi connectivity index (χ4n) is 1.74. The Morgan fingerprint density at radius 2 is 1.91 bits per heavy atom. The normalized spacial score (nSPS) is 12.5. The molecule has 2 rings (SSSR count). The molecule has 2 aromatic rings. The van der Waals surface area contributed by atoms with E-state index in [0.717, 1.165) is 12.1 Å². The van der Waals surface area contributed by atoms with E-state index in [4.69, 9.17) is 4.74 Å². The molecule has 8 heteroatoms. The molecule has 1 N–H and O–H groups in total. The fourth-order valence-corrected chi connectivity index (χ4v) is 2.36. The van der Waals surface area contributed by atoms with E-state index in [1.54, 1.807) is 10.8 Å². The third-order valence-electron chi connectivity index (χ3n) is 2.90. The summed E-state index contributed by atoms with van der Waals surface area (Å²) in [6.45, 7) is 1.29. The minimum Gasteiger partial charge on any atom is -0.449 e. The van der Waals surface area contributed by atoms with Crippen LogP contribution >= 0.6 is 11.3 Å². The van der Waals surface area contributed by atoms with Crippen molar-refractivity contribution in [1.29, 1.82) is 0 Å². The van der Waals surface area contributed by atoms with Gasteiger partial charge in [0.25, 0.3) is 5.91 Å². The first-order valence-corrected chi connectivity index (χ1v) is 7.43. The first-order chi connectivity index (χ1) is 10.8. The molecule has 0 saturated carbocycles. The number of amides is 1. The number of halogens is 3. The zero-order valence-electron chi connectivity index (χ0n) is 11.9. The van der Waals surface area contributed by atoms with Crippen molar-refractivity contribution < 1.29 is 27.5 Å². The highest BCUT2D eigenvalue weighted by atomic mass is 32.1. The number of alkyl halides is 3. The van der Waals surface area contributed by atoms with Crippen molar-refractivity contribution >= 4 is 28.9 Å². The van der Waals surface area contributed by atoms with Crippen LogP contribution in [0.15, 0.2) is 41.1 Å². The van der Waals surface area contributed by atoms with Gasteiger partial charge >= 0.3 is 12.1 Å². The van der Waals surface area contributed by atoms with Crippen LogP contribution in [-0.4, -0.2) is 18.0 Å². The van der Waals surface area contributed by atoms with Gasteiger partial charge in [-0.05, 0) is 30.5 Å². The van der Waals surface area contributed by atoms with E-state index in [0.29, 0.717) is 0 Å². The highest BCUT2D eigenvalue weighted by Gasteiger charge is 2.34. The van der Waals surface area contributed by atoms with Gasteiger partial charge in [0.2, 0.25) is 0 Å². The SMILES string of the molecule is CC(OC(=O)c1ccsc1)C(=O)Nc1ccccc1C(F)(F)F. The molecular formula is C15H12F3NO3S. The Bertz CT molecular complexity index is 698. The number of thiophene rings is 1. The van der Waals surface area contributed by atoms with Gasteiger partial charge in [0.15, 0.2) is 6.10 Å². The van der Waals surface area contributed by atoms with Gasteiger partial charge in [-0.1, -0.05) is 12.1 Å². The summed E-state index contributed by atoms with van der Waals surface area (Å²) in [5.74, 6) is -1.55. The van der Waals surface area contributed by atoms with E-state index in [1.807, 2.05) is 0 Å². The molecule has 1 heterocycles. The van der Waals surface area contributed by atoms with E-state index >= 15 is 0 Å². The smallest absolute Gasteiger partial charge is 0.418 e. The van der Waals surface area contributed by atoms with Gasteiger partial charge in [0, 0.05) is 5.38 Å². The van der Waals surface area contributed by atoms with Crippen molar-refractivity contribution in [1.82, 2.24) is 0 Å². The first-order valence-electron chi connectivity index (χ1n) is 6.49. The Hall–Kier alpha value is -2.35. The lowest BCUT2D eigenvalue weighted by atomic mass is 10.1. The predicted molar refractivity (Wildman–Crippen MR) is 79.3 cm³/mol. The maximum atomic E-state index is 12.9. The Labute approximate surface area is 133 Å². The molecule has 4 nitrogen and oxygen atoms in total. The van der Waals surface area contributed by atoms with Gasteiger partial charge in [-0.3, -0.25) is 4.79 Å². The molecule has 122 valence electrons. The molecule has 0 bridgehead atoms. The van der Waals surface area contributed by atoms with Crippen LogP contribution in [0.3, 0.4) is 0 Å². The van der Waals surface area contributed by atoms with E-state index in [9.17, 15) is 22.8 Å². The van der Waals surface area contributed by atoms with Crippen molar-refractivity contribution in [3.8, 4) is 0 Å². The third kappa shape index (κ3) is 4.32. The number of rotatable bonds is 4. The van der Waals surface area contributed by atoms with Gasteiger partial charge in [0.05, 0.1) is 16.8 Å². The lowest BCUT2D eigenvalue weighted by molar-refractivity contribution is -0.137. The number of hydrogen-bond acceptors (Lipinski definition) is 4. The van der Waals surface area contributed by atoms with E-state index in [2.05, 4.69) is 5.32 Å². The quantitative estimate of drug-likeness (QED) is 0.855. The molecule has 1 unspecified atom stereocenters. The molecular weight excluding hydrogens is 331 g/mol. The number of anilines is 1. The second-order valence-corrected chi connectivity index (χ2v) is 5.37. The minimum atomic E-state index is -4.60. The molecule has 23 heavy (non-hydrogen) atoms. The highest BCUT2D eigenvalue weighted by Crippen LogP contribution is 2.34. The van der Waals surface area contributed by atoms with Crippen LogP contribution in [0.5, 0.6) is 0 Å². The van der Waals surface area contributed by atoms with E-state index in [1.165, 1.54) is 36.5 Å². The molecule has 1 aromatic heterocycles. The summed E-state index contributed by atoms with van der Waals surface area (Å²) in [7, 11) is 0. The predicted octanol–water partition coefficient (Wildman–Crippen LogP) is 3.95. The van der Waals surface area contributed by atoms with Gasteiger partial charge in [-0.2, -0.15) is 24.5 Å². The number of hydrogen-bond donors (Lipinski definition) is 1. The molecule has 1 aromatic carbocycles. The lowest BCUT2D eigenvalue weighted by Gasteiger charge is -2.16. The van der Waals surface area contributed by atoms with Gasteiger partial charge < -0.3 is 10.1 Å². The molecule has 0 aliphatic carbocycles. The fraction of sp³-hybridized carbons (Fsp3) is 0.200. The van der Waals surface area contributed by atoms with Crippen molar-refractivity contribution in [2.45, 2.75) is 19.2 Å². The molecule has 0 saturated heterocycles. The number of esters is 1. The van der Waals surface area contributed by atoms with E-state index < -0.39 is 29.7 Å². The zero-order chi connectivity index (χ0) is 17.0. The van der Waals surface area contributed by atoms with Crippen molar-refractivity contribution in [3.05, 3.63) is 52.2 Å². The van der Waals surface area contributed by atoms with Crippen LogP contribution in [0.1, 0.15) is 22.8 Å². The molecule has 0 radical (unpaired) electrons. The van der Waals surface area contributed by atoms with Crippen LogP contribution in [0.25, 0.3) is 0 Å². The Kier molecular flexibility index (Phi) is 5.05. The van der Waals surface area contributed by atoms with Crippen LogP contribution in [0.2, 0.25) is 0 Å². The van der Waals surface area contributed by atoms with Crippen molar-refractivity contribution in [3.63, 3.8) is 0 Å². The number of benzene rings is 1. The average molecular weight is 343 g/mol. The largest absolute Gasteiger partial charge is 0.449 e. The summed E-state index contributed by atoms with van der Waals surface area (Å²) in [6.07, 6.45) is -5.83. The maximum absolute atomic E-state index is 12.9. The lowest BCUT2D eigenvalue weighted by Crippen LogP contribution is -2.30. The second-order valence-electron chi connectivity index (χ2n) is 4.59. The summed E-state index contributed by atoms with van der Waals surface area (Å²) < 4.78 is 43.5. The molecule has 0 spiro atoms. The van der Waals surface area contributed by atoms with E-state index in [-0.39, 0.29) is 11.3 Å². The Morgan fingerprint density at radius 3 is 2.52 bits per heavy atom. The summed E-state index contributed by atoms with van der Waals surface area (Å²) in [6, 6.07) is 6.10. The first kappa shape index (κ1) is 17.0. The number of carbonyl (C=O) groups is 2. The number of ether oxygens (including phenoxy) is 1. The Balaban J connectivity index is 2.06. The highest BCUT2D eigenvalue weighted by molar-refractivity contribution is 7.08. The maximum Gasteiger partial charge on any atom is 0.418 e. The zero-order valence-corrected chi connectivity index (χ0v) is 12.7. The van der Waals surface area contributed by atoms with Gasteiger partial charge in [0.1, 0.15) is 0 Å². The summed E-state index contributed by atoms with van der Waals surface area (Å²) in [4.78, 5) is 23.7. The van der Waals surface area contributed by atoms with Crippen LogP contribution < -0.4 is 5.32 Å². The second kappa shape index (κ2) is 6.82. The van der Waals surface area contributed by atoms with Crippen LogP contribution in [0.4, 0.5) is 18.9 Å². The summed E-state index contributed by atoms with van der Waals surface area (Å²) >= 11 is 1.28. The summed E-state index contributed by atoms with van der Waals surface area (Å²) in [5.41, 5.74) is -1.07. The van der Waals surface area contributed by atoms with Gasteiger partial charge in [-0.15, -0.1) is 0 Å². The Morgan fingerprint density at radius 1 is 1.22 bits per heavy atom. The molecule has 0 aliphatic heterocycles. The topological polar surface area (TPSA) is 55.4 Å². The number of para-hydroxylation sites is 1. The third-order valence-corrected chi connectivity index (χ3v) is 3.58. The number of carbonyl (C=O) groups excluding carboxylic acids is 2. The molecule has 0 fully saturated rings. The van der Waals surface area contributed by atoms with Crippen molar-refractivity contribution in [2.75, 3.05) is 5.32 Å². The minimum absolute atomic E-state index is 0.283. The molecule has 1 amide bonds. The van der Waals surface area contributed by atoms with Crippen LogP contribution in [0, 0.1) is 0 Å². The number of nitrogens with one attached hydrogen (secondary N) is 1. The molecule has 0 aliphatic rings. The standard InChI is InChI=1S/C15H12F3NO3S/c1-9(22-14(21)10-6-7-23-8-10)13(20)19-12-5-3-2-4-11(12)15(16,17)18/h2-9H,1H3,(H,19,20). The van der Waals surface area contributed by atoms with Crippen LogP contribution in [-0.2, 0) is 15.7 Å². The van der Waals surface area contributed by atoms with Gasteiger partial charge in [-0.25, -0.2) is 4.79 Å². The van der Waals surface area contributed by atoms with Crippen molar-refractivity contribution in [2.24, 2.45) is 0 Å².